The fourth-order valence-electron chi connectivity index (χ4n) is 0. The lowest BCUT2D eigenvalue weighted by atomic mass is 12.0. The fraction of sp³-hybridized carbons (Fsp3) is 1.00. The Morgan fingerprint density at radius 2 is 1.43 bits per heavy atom. The molecule has 0 radical (unpaired) electrons. The quantitative estimate of drug-likeness (QED) is 0.448. The Labute approximate surface area is 51.6 Å². The van der Waals surface area contributed by atoms with Crippen LogP contribution in [0.3, 0.4) is 0 Å². The molecule has 0 bridgehead atoms. The first-order valence-electron chi connectivity index (χ1n) is 1.30. The highest BCUT2D eigenvalue weighted by Gasteiger charge is 1.81. The molecule has 0 aromatic carbocycles. The number of hydrogen-bond donors (Lipinski definition) is 1. The van der Waals surface area contributed by atoms with Crippen molar-refractivity contribution in [3.8, 4) is 0 Å². The van der Waals surface area contributed by atoms with Gasteiger partial charge in [-0.1, -0.05) is 15.9 Å². The van der Waals surface area contributed by atoms with E-state index in [1.54, 1.807) is 0 Å². The molecule has 1 N–H and O–H groups in total. The zero-order valence-corrected chi connectivity index (χ0v) is 6.45. The van der Waals surface area contributed by atoms with E-state index in [1.807, 2.05) is 5.83 Å². The molecule has 0 unspecified atom stereocenters. The van der Waals surface area contributed by atoms with E-state index in [2.05, 4.69) is 15.9 Å². The first-order chi connectivity index (χ1) is 3.00. The van der Waals surface area contributed by atoms with Crippen LogP contribution in [0.5, 0.6) is 0 Å². The summed E-state index contributed by atoms with van der Waals surface area (Å²) in [7, 11) is -3.67. The predicted molar refractivity (Wildman–Crippen MR) is 32.3 cm³/mol. The van der Waals surface area contributed by atoms with E-state index in [0.717, 1.165) is 0 Å². The van der Waals surface area contributed by atoms with Gasteiger partial charge in [-0.05, 0) is 5.83 Å². The number of rotatable bonds is 0. The van der Waals surface area contributed by atoms with Gasteiger partial charge in [0.2, 0.25) is 0 Å². The van der Waals surface area contributed by atoms with Crippen LogP contribution >= 0.6 is 15.9 Å². The first-order valence-corrected chi connectivity index (χ1v) is 4.74. The molecule has 0 spiro atoms. The van der Waals surface area contributed by atoms with Crippen molar-refractivity contribution in [3.05, 3.63) is 0 Å². The van der Waals surface area contributed by atoms with Gasteiger partial charge in [0.25, 0.3) is 10.1 Å². The minimum Gasteiger partial charge on any atom is -0.286 e. The lowest BCUT2D eigenvalue weighted by molar-refractivity contribution is 0.490. The van der Waals surface area contributed by atoms with Gasteiger partial charge in [0.05, 0.1) is 6.26 Å². The van der Waals surface area contributed by atoms with Crippen molar-refractivity contribution in [1.29, 1.82) is 0 Å². The van der Waals surface area contributed by atoms with Crippen molar-refractivity contribution in [2.24, 2.45) is 0 Å². The summed E-state index contributed by atoms with van der Waals surface area (Å²) in [5.41, 5.74) is 0. The summed E-state index contributed by atoms with van der Waals surface area (Å²) in [6.45, 7) is 0. The lowest BCUT2D eigenvalue weighted by Gasteiger charge is -1.69. The summed E-state index contributed by atoms with van der Waals surface area (Å²) in [6.07, 6.45) is 0.715. The zero-order valence-electron chi connectivity index (χ0n) is 4.05. The summed E-state index contributed by atoms with van der Waals surface area (Å²) in [6, 6.07) is 0. The van der Waals surface area contributed by atoms with Crippen molar-refractivity contribution >= 4 is 26.0 Å². The highest BCUT2D eigenvalue weighted by Crippen LogP contribution is 1.60. The Kier molecular flexibility index (Phi) is 6.75. The van der Waals surface area contributed by atoms with Crippen LogP contribution in [0.2, 0.25) is 0 Å². The minimum absolute atomic E-state index is 0.715. The van der Waals surface area contributed by atoms with Crippen molar-refractivity contribution in [1.82, 2.24) is 0 Å². The second kappa shape index (κ2) is 4.55. The maximum Gasteiger partial charge on any atom is 0.261 e. The van der Waals surface area contributed by atoms with E-state index >= 15 is 0 Å². The molecule has 46 valence electrons. The molecule has 0 aromatic rings. The van der Waals surface area contributed by atoms with Crippen LogP contribution in [-0.4, -0.2) is 25.1 Å². The third-order valence-electron chi connectivity index (χ3n) is 0. The van der Waals surface area contributed by atoms with Crippen molar-refractivity contribution in [2.45, 2.75) is 0 Å². The van der Waals surface area contributed by atoms with Crippen LogP contribution in [0.25, 0.3) is 0 Å². The Balaban J connectivity index is 0. The summed E-state index contributed by atoms with van der Waals surface area (Å²) in [5.74, 6) is 1.81. The van der Waals surface area contributed by atoms with E-state index in [4.69, 9.17) is 4.55 Å². The van der Waals surface area contributed by atoms with Gasteiger partial charge in [0.15, 0.2) is 0 Å². The monoisotopic (exact) mass is 190 g/mol. The molecule has 0 aliphatic rings. The Bertz CT molecular complexity index is 96.1. The second-order valence-electron chi connectivity index (χ2n) is 0.733. The van der Waals surface area contributed by atoms with Crippen LogP contribution < -0.4 is 0 Å². The van der Waals surface area contributed by atoms with E-state index in [9.17, 15) is 8.42 Å². The van der Waals surface area contributed by atoms with E-state index in [0.29, 0.717) is 6.26 Å². The maximum atomic E-state index is 9.19. The van der Waals surface area contributed by atoms with Gasteiger partial charge in [0.1, 0.15) is 0 Å². The highest BCUT2D eigenvalue weighted by molar-refractivity contribution is 9.08. The summed E-state index contributed by atoms with van der Waals surface area (Å²) in [4.78, 5) is 0. The number of halogens is 1. The minimum atomic E-state index is -3.67. The van der Waals surface area contributed by atoms with Gasteiger partial charge >= 0.3 is 0 Å². The SMILES string of the molecule is CBr.CS(=O)(=O)O. The van der Waals surface area contributed by atoms with Crippen LogP contribution in [0.4, 0.5) is 0 Å². The van der Waals surface area contributed by atoms with Crippen LogP contribution in [0.15, 0.2) is 0 Å². The highest BCUT2D eigenvalue weighted by atomic mass is 79.9. The van der Waals surface area contributed by atoms with Gasteiger partial charge in [-0.15, -0.1) is 0 Å². The van der Waals surface area contributed by atoms with E-state index < -0.39 is 10.1 Å². The summed E-state index contributed by atoms with van der Waals surface area (Å²) < 4.78 is 25.9. The smallest absolute Gasteiger partial charge is 0.261 e. The number of alkyl halides is 1. The summed E-state index contributed by atoms with van der Waals surface area (Å²) in [5, 5.41) is 0. The Morgan fingerprint density at radius 1 is 1.43 bits per heavy atom. The van der Waals surface area contributed by atoms with Gasteiger partial charge in [-0.25, -0.2) is 0 Å². The molecular formula is C2H7BrO3S. The molecule has 5 heteroatoms. The predicted octanol–water partition coefficient (Wildman–Crippen LogP) is 0.515. The van der Waals surface area contributed by atoms with Crippen LogP contribution in [-0.2, 0) is 10.1 Å². The van der Waals surface area contributed by atoms with Crippen molar-refractivity contribution < 1.29 is 13.0 Å². The van der Waals surface area contributed by atoms with Crippen LogP contribution in [0, 0.1) is 0 Å². The second-order valence-corrected chi connectivity index (χ2v) is 2.20. The van der Waals surface area contributed by atoms with Gasteiger partial charge in [-0.3, -0.25) is 4.55 Å². The molecular weight excluding hydrogens is 184 g/mol. The maximum absolute atomic E-state index is 9.19. The third-order valence-corrected chi connectivity index (χ3v) is 0. The molecule has 0 atom stereocenters. The molecule has 3 nitrogen and oxygen atoms in total. The normalized spacial score (nSPS) is 9.14. The van der Waals surface area contributed by atoms with Gasteiger partial charge < -0.3 is 0 Å². The zero-order chi connectivity index (χ0) is 6.50. The van der Waals surface area contributed by atoms with Gasteiger partial charge in [0, 0.05) is 0 Å². The molecule has 0 amide bonds. The Morgan fingerprint density at radius 3 is 1.43 bits per heavy atom. The molecule has 0 heterocycles. The lowest BCUT2D eigenvalue weighted by Crippen LogP contribution is -1.88. The molecule has 0 aliphatic carbocycles. The van der Waals surface area contributed by atoms with Crippen molar-refractivity contribution in [3.63, 3.8) is 0 Å². The average molecular weight is 191 g/mol. The molecule has 0 aliphatic heterocycles. The van der Waals surface area contributed by atoms with E-state index in [-0.39, 0.29) is 0 Å². The van der Waals surface area contributed by atoms with Gasteiger partial charge in [-0.2, -0.15) is 8.42 Å². The molecule has 0 fully saturated rings. The fourth-order valence-corrected chi connectivity index (χ4v) is 0. The third kappa shape index (κ3) is 810. The molecule has 0 saturated heterocycles. The Hall–Kier alpha value is 0.390. The molecule has 7 heavy (non-hydrogen) atoms. The largest absolute Gasteiger partial charge is 0.286 e. The van der Waals surface area contributed by atoms with Crippen molar-refractivity contribution in [2.75, 3.05) is 12.1 Å². The molecule has 0 aromatic heterocycles. The number of hydrogen-bond acceptors (Lipinski definition) is 2. The average Bonchev–Trinajstić information content (AvgIpc) is 1.36. The molecule has 0 saturated carbocycles. The van der Waals surface area contributed by atoms with E-state index in [1.165, 1.54) is 0 Å². The molecule has 0 rings (SSSR count). The van der Waals surface area contributed by atoms with Crippen LogP contribution in [0.1, 0.15) is 0 Å². The topological polar surface area (TPSA) is 54.4 Å². The first kappa shape index (κ1) is 10.4. The summed E-state index contributed by atoms with van der Waals surface area (Å²) >= 11 is 2.94. The standard InChI is InChI=1S/CH3Br.CH4O3S/c1-2;1-5(2,3)4/h1H3;1H3,(H,2,3,4).